The van der Waals surface area contributed by atoms with Crippen LogP contribution < -0.4 is 11.3 Å². The summed E-state index contributed by atoms with van der Waals surface area (Å²) in [5, 5.41) is 0. The number of benzene rings is 1. The van der Waals surface area contributed by atoms with E-state index in [0.29, 0.717) is 12.0 Å². The number of nitrogens with one attached hydrogen (secondary N) is 1. The molecule has 3 N–H and O–H groups in total. The van der Waals surface area contributed by atoms with Crippen molar-refractivity contribution >= 4 is 11.8 Å². The van der Waals surface area contributed by atoms with Crippen LogP contribution in [0.4, 0.5) is 0 Å². The molecule has 92 valence electrons. The van der Waals surface area contributed by atoms with Crippen molar-refractivity contribution in [2.75, 3.05) is 5.75 Å². The number of hydrazine groups is 1. The van der Waals surface area contributed by atoms with Gasteiger partial charge < -0.3 is 0 Å². The maximum absolute atomic E-state index is 5.83. The molecule has 2 unspecified atom stereocenters. The summed E-state index contributed by atoms with van der Waals surface area (Å²) in [4.78, 5) is 1.45. The molecular weight excluding hydrogens is 228 g/mol. The van der Waals surface area contributed by atoms with E-state index >= 15 is 0 Å². The molecule has 2 atom stereocenters. The lowest BCUT2D eigenvalue weighted by Crippen LogP contribution is -2.44. The molecule has 17 heavy (non-hydrogen) atoms. The predicted octanol–water partition coefficient (Wildman–Crippen LogP) is 2.90. The highest BCUT2D eigenvalue weighted by Gasteiger charge is 2.35. The summed E-state index contributed by atoms with van der Waals surface area (Å²) in [6, 6.07) is 9.27. The van der Waals surface area contributed by atoms with Crippen LogP contribution in [-0.4, -0.2) is 11.8 Å². The molecular formula is C14H20N2S. The Morgan fingerprint density at radius 3 is 2.76 bits per heavy atom. The fourth-order valence-corrected chi connectivity index (χ4v) is 4.69. The van der Waals surface area contributed by atoms with Crippen LogP contribution in [0, 0.1) is 5.92 Å². The summed E-state index contributed by atoms with van der Waals surface area (Å²) in [6.45, 7) is 0. The van der Waals surface area contributed by atoms with Gasteiger partial charge in [0, 0.05) is 22.6 Å². The number of rotatable bonds is 3. The third-order valence-electron chi connectivity index (χ3n) is 4.27. The highest BCUT2D eigenvalue weighted by molar-refractivity contribution is 7.99. The minimum absolute atomic E-state index is 0.466. The van der Waals surface area contributed by atoms with E-state index in [0.717, 1.165) is 5.92 Å². The first-order chi connectivity index (χ1) is 8.40. The van der Waals surface area contributed by atoms with Crippen LogP contribution in [0.2, 0.25) is 0 Å². The first kappa shape index (κ1) is 11.6. The molecule has 0 saturated heterocycles. The van der Waals surface area contributed by atoms with Crippen molar-refractivity contribution in [2.45, 2.75) is 42.5 Å². The fourth-order valence-electron chi connectivity index (χ4n) is 3.38. The zero-order chi connectivity index (χ0) is 11.7. The molecule has 3 rings (SSSR count). The molecule has 1 aliphatic heterocycles. The van der Waals surface area contributed by atoms with Gasteiger partial charge in [-0.1, -0.05) is 31.0 Å². The Labute approximate surface area is 107 Å². The topological polar surface area (TPSA) is 38.0 Å². The lowest BCUT2D eigenvalue weighted by molar-refractivity contribution is 0.326. The lowest BCUT2D eigenvalue weighted by atomic mass is 9.84. The zero-order valence-electron chi connectivity index (χ0n) is 10.1. The maximum Gasteiger partial charge on any atom is 0.0315 e. The Balaban J connectivity index is 1.84. The van der Waals surface area contributed by atoms with Crippen LogP contribution in [0.25, 0.3) is 0 Å². The predicted molar refractivity (Wildman–Crippen MR) is 73.0 cm³/mol. The standard InChI is InChI=1S/C14H20N2S/c15-16-14(10-5-1-2-6-10)12-9-17-13-8-4-3-7-11(12)13/h3-4,7-8,10,12,14,16H,1-2,5-6,9,15H2. The molecule has 1 aliphatic carbocycles. The summed E-state index contributed by atoms with van der Waals surface area (Å²) in [5.41, 5.74) is 4.62. The van der Waals surface area contributed by atoms with Crippen LogP contribution in [0.3, 0.4) is 0 Å². The normalized spacial score (nSPS) is 26.1. The molecule has 1 heterocycles. The van der Waals surface area contributed by atoms with Gasteiger partial charge in [0.25, 0.3) is 0 Å². The van der Waals surface area contributed by atoms with E-state index in [1.165, 1.54) is 41.9 Å². The summed E-state index contributed by atoms with van der Waals surface area (Å²) >= 11 is 1.98. The maximum atomic E-state index is 5.83. The minimum atomic E-state index is 0.466. The van der Waals surface area contributed by atoms with E-state index in [4.69, 9.17) is 5.84 Å². The highest BCUT2D eigenvalue weighted by Crippen LogP contribution is 2.44. The molecule has 0 bridgehead atoms. The Morgan fingerprint density at radius 1 is 1.24 bits per heavy atom. The average Bonchev–Trinajstić information content (AvgIpc) is 3.01. The van der Waals surface area contributed by atoms with Crippen LogP contribution in [0.1, 0.15) is 37.2 Å². The molecule has 0 aromatic heterocycles. The number of hydrogen-bond acceptors (Lipinski definition) is 3. The Bertz CT molecular complexity index is 388. The third kappa shape index (κ3) is 2.12. The molecule has 0 radical (unpaired) electrons. The van der Waals surface area contributed by atoms with Gasteiger partial charge in [-0.3, -0.25) is 11.3 Å². The largest absolute Gasteiger partial charge is 0.271 e. The summed E-state index contributed by atoms with van der Waals surface area (Å²) in [6.07, 6.45) is 5.45. The van der Waals surface area contributed by atoms with Crippen molar-refractivity contribution in [1.82, 2.24) is 5.43 Å². The zero-order valence-corrected chi connectivity index (χ0v) is 10.9. The van der Waals surface area contributed by atoms with Crippen LogP contribution >= 0.6 is 11.8 Å². The second-order valence-corrected chi connectivity index (χ2v) is 6.25. The Hall–Kier alpha value is -0.510. The van der Waals surface area contributed by atoms with Gasteiger partial charge in [-0.05, 0) is 30.4 Å². The highest BCUT2D eigenvalue weighted by atomic mass is 32.2. The Morgan fingerprint density at radius 2 is 2.00 bits per heavy atom. The third-order valence-corrected chi connectivity index (χ3v) is 5.48. The molecule has 3 heteroatoms. The minimum Gasteiger partial charge on any atom is -0.271 e. The molecule has 0 spiro atoms. The van der Waals surface area contributed by atoms with E-state index < -0.39 is 0 Å². The second kappa shape index (κ2) is 5.01. The van der Waals surface area contributed by atoms with Crippen molar-refractivity contribution in [3.63, 3.8) is 0 Å². The number of fused-ring (bicyclic) bond motifs is 1. The van der Waals surface area contributed by atoms with Gasteiger partial charge in [-0.25, -0.2) is 0 Å². The van der Waals surface area contributed by atoms with E-state index in [2.05, 4.69) is 29.7 Å². The van der Waals surface area contributed by atoms with Gasteiger partial charge in [0.15, 0.2) is 0 Å². The van der Waals surface area contributed by atoms with Crippen molar-refractivity contribution < 1.29 is 0 Å². The van der Waals surface area contributed by atoms with E-state index in [-0.39, 0.29) is 0 Å². The number of hydrogen-bond donors (Lipinski definition) is 2. The van der Waals surface area contributed by atoms with Crippen molar-refractivity contribution in [1.29, 1.82) is 0 Å². The quantitative estimate of drug-likeness (QED) is 0.638. The van der Waals surface area contributed by atoms with Gasteiger partial charge >= 0.3 is 0 Å². The summed E-state index contributed by atoms with van der Waals surface area (Å²) < 4.78 is 0. The average molecular weight is 248 g/mol. The monoisotopic (exact) mass is 248 g/mol. The fraction of sp³-hybridized carbons (Fsp3) is 0.571. The van der Waals surface area contributed by atoms with Crippen LogP contribution in [0.5, 0.6) is 0 Å². The Kier molecular flexibility index (Phi) is 3.41. The van der Waals surface area contributed by atoms with Gasteiger partial charge in [0.2, 0.25) is 0 Å². The summed E-state index contributed by atoms with van der Waals surface area (Å²) in [7, 11) is 0. The molecule has 2 nitrogen and oxygen atoms in total. The van der Waals surface area contributed by atoms with Crippen molar-refractivity contribution in [2.24, 2.45) is 11.8 Å². The molecule has 0 amide bonds. The van der Waals surface area contributed by atoms with Gasteiger partial charge in [-0.2, -0.15) is 0 Å². The molecule has 1 fully saturated rings. The van der Waals surface area contributed by atoms with Crippen LogP contribution in [0.15, 0.2) is 29.2 Å². The van der Waals surface area contributed by atoms with Crippen molar-refractivity contribution in [3.05, 3.63) is 29.8 Å². The van der Waals surface area contributed by atoms with E-state index in [1.807, 2.05) is 11.8 Å². The molecule has 1 saturated carbocycles. The number of thioether (sulfide) groups is 1. The first-order valence-electron chi connectivity index (χ1n) is 6.58. The molecule has 2 aliphatic rings. The van der Waals surface area contributed by atoms with E-state index in [1.54, 1.807) is 0 Å². The SMILES string of the molecule is NNC(C1CCCC1)C1CSc2ccccc21. The lowest BCUT2D eigenvalue weighted by Gasteiger charge is -2.28. The molecule has 1 aromatic carbocycles. The second-order valence-electron chi connectivity index (χ2n) is 5.19. The smallest absolute Gasteiger partial charge is 0.0315 e. The first-order valence-corrected chi connectivity index (χ1v) is 7.56. The summed E-state index contributed by atoms with van der Waals surface area (Å²) in [5.74, 6) is 8.39. The number of nitrogens with two attached hydrogens (primary N) is 1. The van der Waals surface area contributed by atoms with E-state index in [9.17, 15) is 0 Å². The van der Waals surface area contributed by atoms with Gasteiger partial charge in [-0.15, -0.1) is 11.8 Å². The van der Waals surface area contributed by atoms with Gasteiger partial charge in [0.1, 0.15) is 0 Å². The molecule has 1 aromatic rings. The van der Waals surface area contributed by atoms with Gasteiger partial charge in [0.05, 0.1) is 0 Å². The van der Waals surface area contributed by atoms with Crippen molar-refractivity contribution in [3.8, 4) is 0 Å². The van der Waals surface area contributed by atoms with Crippen LogP contribution in [-0.2, 0) is 0 Å².